The van der Waals surface area contributed by atoms with Crippen molar-refractivity contribution in [2.24, 2.45) is 0 Å². The van der Waals surface area contributed by atoms with Crippen LogP contribution in [0.5, 0.6) is 0 Å². The molecule has 0 amide bonds. The van der Waals surface area contributed by atoms with Gasteiger partial charge in [0.25, 0.3) is 0 Å². The highest BCUT2D eigenvalue weighted by atomic mass is 19.4. The van der Waals surface area contributed by atoms with Gasteiger partial charge in [-0.1, -0.05) is 38.8 Å². The molecule has 2 atom stereocenters. The first-order valence-electron chi connectivity index (χ1n) is 8.75. The van der Waals surface area contributed by atoms with E-state index in [0.717, 1.165) is 19.3 Å². The maximum absolute atomic E-state index is 13.5. The number of unbranched alkanes of at least 4 members (excludes halogenated alkanes) is 2. The molecular weight excluding hydrogens is 331 g/mol. The molecule has 0 bridgehead atoms. The highest BCUT2D eigenvalue weighted by Crippen LogP contribution is 2.46. The molecule has 1 aromatic rings. The smallest absolute Gasteiger partial charge is 0.439 e. The lowest BCUT2D eigenvalue weighted by atomic mass is 10.0. The third-order valence-electron chi connectivity index (χ3n) is 4.94. The number of rotatable bonds is 8. The van der Waals surface area contributed by atoms with Crippen molar-refractivity contribution < 1.29 is 23.1 Å². The molecule has 1 aromatic carbocycles. The van der Waals surface area contributed by atoms with Gasteiger partial charge in [-0.3, -0.25) is 4.48 Å². The fourth-order valence-electron chi connectivity index (χ4n) is 3.85. The van der Waals surface area contributed by atoms with E-state index in [1.807, 2.05) is 6.92 Å². The van der Waals surface area contributed by atoms with E-state index in [1.54, 1.807) is 24.3 Å². The van der Waals surface area contributed by atoms with E-state index in [0.29, 0.717) is 24.1 Å². The number of alkyl halides is 3. The van der Waals surface area contributed by atoms with E-state index in [2.05, 4.69) is 6.92 Å². The largest absolute Gasteiger partial charge is 0.477 e. The molecule has 0 spiro atoms. The van der Waals surface area contributed by atoms with E-state index < -0.39 is 23.2 Å². The molecular formula is C19H25F3NO2+. The van der Waals surface area contributed by atoms with Crippen LogP contribution in [0.3, 0.4) is 0 Å². The average Bonchev–Trinajstić information content (AvgIpc) is 2.86. The zero-order chi connectivity index (χ0) is 18.7. The van der Waals surface area contributed by atoms with E-state index in [9.17, 15) is 23.1 Å². The van der Waals surface area contributed by atoms with Crippen LogP contribution in [0.25, 0.3) is 5.57 Å². The molecule has 0 aromatic heterocycles. The maximum atomic E-state index is 13.5. The summed E-state index contributed by atoms with van der Waals surface area (Å²) in [6, 6.07) is 6.28. The number of carboxylic acid groups (broad SMARTS) is 1. The number of hydrogen-bond donors (Lipinski definition) is 1. The Bertz CT molecular complexity index is 654. The Kier molecular flexibility index (Phi) is 5.93. The van der Waals surface area contributed by atoms with E-state index in [4.69, 9.17) is 0 Å². The molecule has 0 fully saturated rings. The molecule has 25 heavy (non-hydrogen) atoms. The van der Waals surface area contributed by atoms with Crippen LogP contribution in [0.15, 0.2) is 30.5 Å². The van der Waals surface area contributed by atoms with Crippen LogP contribution in [0.4, 0.5) is 18.9 Å². The summed E-state index contributed by atoms with van der Waals surface area (Å²) in [4.78, 5) is 11.6. The number of fused-ring (bicyclic) bond motifs is 1. The van der Waals surface area contributed by atoms with Gasteiger partial charge in [0.1, 0.15) is 17.5 Å². The number of halogens is 3. The second-order valence-electron chi connectivity index (χ2n) is 6.63. The Balaban J connectivity index is 2.57. The second-order valence-corrected chi connectivity index (χ2v) is 6.63. The van der Waals surface area contributed by atoms with Crippen LogP contribution < -0.4 is 4.48 Å². The van der Waals surface area contributed by atoms with Crippen molar-refractivity contribution >= 4 is 17.2 Å². The molecule has 0 radical (unpaired) electrons. The van der Waals surface area contributed by atoms with Gasteiger partial charge in [-0.05, 0) is 18.9 Å². The van der Waals surface area contributed by atoms with Gasteiger partial charge in [0, 0.05) is 12.5 Å². The molecule has 1 aliphatic heterocycles. The Morgan fingerprint density at radius 1 is 1.20 bits per heavy atom. The highest BCUT2D eigenvalue weighted by Gasteiger charge is 2.51. The molecule has 0 saturated heterocycles. The topological polar surface area (TPSA) is 37.3 Å². The molecule has 0 saturated carbocycles. The monoisotopic (exact) mass is 356 g/mol. The Hall–Kier alpha value is -1.82. The Morgan fingerprint density at radius 2 is 1.88 bits per heavy atom. The van der Waals surface area contributed by atoms with Crippen LogP contribution in [-0.4, -0.2) is 29.8 Å². The minimum absolute atomic E-state index is 0.0335. The molecule has 1 N–H and O–H groups in total. The predicted octanol–water partition coefficient (Wildman–Crippen LogP) is 5.35. The van der Waals surface area contributed by atoms with E-state index in [-0.39, 0.29) is 11.6 Å². The van der Waals surface area contributed by atoms with Crippen LogP contribution >= 0.6 is 0 Å². The first kappa shape index (κ1) is 19.5. The average molecular weight is 356 g/mol. The van der Waals surface area contributed by atoms with Crippen LogP contribution in [-0.2, 0) is 4.79 Å². The Morgan fingerprint density at radius 3 is 2.44 bits per heavy atom. The van der Waals surface area contributed by atoms with Gasteiger partial charge < -0.3 is 5.11 Å². The Labute approximate surface area is 146 Å². The first-order valence-corrected chi connectivity index (χ1v) is 8.75. The fourth-order valence-corrected chi connectivity index (χ4v) is 3.85. The molecule has 3 nitrogen and oxygen atoms in total. The summed E-state index contributed by atoms with van der Waals surface area (Å²) in [6.45, 7) is 2.85. The summed E-state index contributed by atoms with van der Waals surface area (Å²) >= 11 is 0. The molecule has 2 rings (SSSR count). The summed E-state index contributed by atoms with van der Waals surface area (Å²) in [6.07, 6.45) is 0.902. The van der Waals surface area contributed by atoms with E-state index >= 15 is 0 Å². The first-order chi connectivity index (χ1) is 11.7. The van der Waals surface area contributed by atoms with Crippen molar-refractivity contribution in [1.29, 1.82) is 0 Å². The molecule has 1 aliphatic rings. The number of carboxylic acids is 1. The van der Waals surface area contributed by atoms with Crippen LogP contribution in [0.1, 0.15) is 51.5 Å². The number of quaternary nitrogens is 1. The second kappa shape index (κ2) is 7.60. The van der Waals surface area contributed by atoms with Gasteiger partial charge in [-0.15, -0.1) is 0 Å². The van der Waals surface area contributed by atoms with Gasteiger partial charge in [0.05, 0.1) is 11.6 Å². The van der Waals surface area contributed by atoms with E-state index in [1.165, 1.54) is 6.20 Å². The van der Waals surface area contributed by atoms with Gasteiger partial charge in [0.2, 0.25) is 0 Å². The van der Waals surface area contributed by atoms with Crippen molar-refractivity contribution in [2.45, 2.75) is 58.2 Å². The molecule has 2 unspecified atom stereocenters. The van der Waals surface area contributed by atoms with Crippen LogP contribution in [0, 0.1) is 0 Å². The lowest BCUT2D eigenvalue weighted by molar-refractivity contribution is -0.143. The molecule has 6 heteroatoms. The minimum Gasteiger partial charge on any atom is -0.477 e. The van der Waals surface area contributed by atoms with Crippen molar-refractivity contribution in [3.05, 3.63) is 36.0 Å². The number of aliphatic carboxylic acids is 1. The van der Waals surface area contributed by atoms with Crippen molar-refractivity contribution in [3.8, 4) is 0 Å². The zero-order valence-electron chi connectivity index (χ0n) is 14.6. The summed E-state index contributed by atoms with van der Waals surface area (Å²) in [5, 5.41) is 9.50. The summed E-state index contributed by atoms with van der Waals surface area (Å²) in [5.41, 5.74) is 0.808. The minimum atomic E-state index is -4.39. The predicted molar refractivity (Wildman–Crippen MR) is 93.0 cm³/mol. The summed E-state index contributed by atoms with van der Waals surface area (Å²) in [5.74, 6) is -1.18. The molecule has 0 aliphatic carbocycles. The standard InChI is InChI=1S/C19H24F3NO2/c1-3-5-6-9-14(4-2)23(13-19(20,21)22)12-16(18(24)25)15-10-7-8-11-17(15)23/h7-8,10-12,14H,3-6,9,13H2,1-2H3/p+1. The van der Waals surface area contributed by atoms with Crippen molar-refractivity contribution in [2.75, 3.05) is 6.54 Å². The SMILES string of the molecule is CCCCCC(CC)[N+]1(CC(F)(F)F)C=C(C(=O)O)c2ccccc21. The normalized spacial score (nSPS) is 20.9. The van der Waals surface area contributed by atoms with Crippen LogP contribution in [0.2, 0.25) is 0 Å². The quantitative estimate of drug-likeness (QED) is 0.503. The summed E-state index contributed by atoms with van der Waals surface area (Å²) in [7, 11) is 0. The van der Waals surface area contributed by atoms with Gasteiger partial charge in [-0.25, -0.2) is 4.79 Å². The lowest BCUT2D eigenvalue weighted by Crippen LogP contribution is -2.56. The number of nitrogens with zero attached hydrogens (tertiary/aromatic N) is 1. The number of hydrogen-bond acceptors (Lipinski definition) is 1. The zero-order valence-corrected chi connectivity index (χ0v) is 14.6. The summed E-state index contributed by atoms with van der Waals surface area (Å²) < 4.78 is 40.0. The van der Waals surface area contributed by atoms with Gasteiger partial charge in [0.15, 0.2) is 6.54 Å². The highest BCUT2D eigenvalue weighted by molar-refractivity contribution is 6.19. The van der Waals surface area contributed by atoms with Gasteiger partial charge >= 0.3 is 12.1 Å². The van der Waals surface area contributed by atoms with Gasteiger partial charge in [-0.2, -0.15) is 13.2 Å². The lowest BCUT2D eigenvalue weighted by Gasteiger charge is -2.40. The van der Waals surface area contributed by atoms with Crippen molar-refractivity contribution in [1.82, 2.24) is 4.48 Å². The third-order valence-corrected chi connectivity index (χ3v) is 4.94. The number of benzene rings is 1. The number of para-hydroxylation sites is 1. The third kappa shape index (κ3) is 4.06. The fraction of sp³-hybridized carbons (Fsp3) is 0.526. The number of carbonyl (C=O) groups is 1. The maximum Gasteiger partial charge on any atom is 0.439 e. The molecule has 138 valence electrons. The van der Waals surface area contributed by atoms with Crippen molar-refractivity contribution in [3.63, 3.8) is 0 Å². The molecule has 1 heterocycles.